The fraction of sp³-hybridized carbons (Fsp3) is 0.294. The maximum absolute atomic E-state index is 12.4. The van der Waals surface area contributed by atoms with Gasteiger partial charge in [0.15, 0.2) is 11.5 Å². The van der Waals surface area contributed by atoms with E-state index >= 15 is 0 Å². The normalized spacial score (nSPS) is 15.3. The summed E-state index contributed by atoms with van der Waals surface area (Å²) in [6.45, 7) is 1.88. The van der Waals surface area contributed by atoms with E-state index < -0.39 is 0 Å². The molecule has 4 heterocycles. The van der Waals surface area contributed by atoms with Crippen molar-refractivity contribution in [1.29, 1.82) is 0 Å². The minimum atomic E-state index is 0.0185. The van der Waals surface area contributed by atoms with Crippen LogP contribution in [0, 0.1) is 0 Å². The van der Waals surface area contributed by atoms with E-state index in [0.29, 0.717) is 21.3 Å². The van der Waals surface area contributed by atoms with Crippen molar-refractivity contribution in [3.05, 3.63) is 45.2 Å². The van der Waals surface area contributed by atoms with Crippen LogP contribution >= 0.6 is 22.9 Å². The number of nitrogens with zero attached hydrogens (tertiary/aromatic N) is 2. The van der Waals surface area contributed by atoms with E-state index in [4.69, 9.17) is 16.0 Å². The number of fused-ring (bicyclic) bond motifs is 1. The SMILES string of the molecule is O=c1cc(N2CCCCC2)oc2c(-c3ccc(Cl)nc3)csc12. The van der Waals surface area contributed by atoms with E-state index in [9.17, 15) is 4.79 Å². The van der Waals surface area contributed by atoms with Crippen LogP contribution in [0.5, 0.6) is 0 Å². The largest absolute Gasteiger partial charge is 0.439 e. The summed E-state index contributed by atoms with van der Waals surface area (Å²) in [4.78, 5) is 18.7. The van der Waals surface area contributed by atoms with Gasteiger partial charge in [0, 0.05) is 41.9 Å². The summed E-state index contributed by atoms with van der Waals surface area (Å²) in [7, 11) is 0. The van der Waals surface area contributed by atoms with Gasteiger partial charge < -0.3 is 9.32 Å². The van der Waals surface area contributed by atoms with Gasteiger partial charge in [-0.3, -0.25) is 4.79 Å². The van der Waals surface area contributed by atoms with Crippen LogP contribution in [0.3, 0.4) is 0 Å². The van der Waals surface area contributed by atoms with Crippen LogP contribution in [0.25, 0.3) is 21.4 Å². The first kappa shape index (κ1) is 14.7. The summed E-state index contributed by atoms with van der Waals surface area (Å²) in [5, 5.41) is 2.39. The summed E-state index contributed by atoms with van der Waals surface area (Å²) in [5.41, 5.74) is 2.46. The molecule has 118 valence electrons. The molecule has 4 nitrogen and oxygen atoms in total. The van der Waals surface area contributed by atoms with E-state index in [1.807, 2.05) is 11.4 Å². The number of pyridine rings is 1. The molecule has 1 aliphatic heterocycles. The molecule has 0 aromatic carbocycles. The summed E-state index contributed by atoms with van der Waals surface area (Å²) in [6.07, 6.45) is 5.22. The third-order valence-electron chi connectivity index (χ3n) is 4.14. The summed E-state index contributed by atoms with van der Waals surface area (Å²) < 4.78 is 6.76. The molecule has 1 aliphatic rings. The van der Waals surface area contributed by atoms with Crippen LogP contribution in [0.2, 0.25) is 5.15 Å². The summed E-state index contributed by atoms with van der Waals surface area (Å²) >= 11 is 7.26. The van der Waals surface area contributed by atoms with Crippen molar-refractivity contribution in [2.45, 2.75) is 19.3 Å². The summed E-state index contributed by atoms with van der Waals surface area (Å²) in [5.74, 6) is 0.670. The molecule has 0 atom stereocenters. The Labute approximate surface area is 142 Å². The van der Waals surface area contributed by atoms with E-state index in [1.165, 1.54) is 17.8 Å². The predicted octanol–water partition coefficient (Wildman–Crippen LogP) is 4.56. The Morgan fingerprint density at radius 1 is 1.22 bits per heavy atom. The predicted molar refractivity (Wildman–Crippen MR) is 94.7 cm³/mol. The Hall–Kier alpha value is -1.85. The molecule has 1 fully saturated rings. The highest BCUT2D eigenvalue weighted by Gasteiger charge is 2.18. The lowest BCUT2D eigenvalue weighted by Gasteiger charge is -2.26. The van der Waals surface area contributed by atoms with Crippen molar-refractivity contribution < 1.29 is 4.42 Å². The molecule has 0 spiro atoms. The first-order chi connectivity index (χ1) is 11.2. The Bertz CT molecular complexity index is 895. The molecule has 0 saturated carbocycles. The molecule has 3 aromatic rings. The molecule has 3 aromatic heterocycles. The maximum atomic E-state index is 12.4. The van der Waals surface area contributed by atoms with Crippen LogP contribution in [0.15, 0.2) is 39.0 Å². The van der Waals surface area contributed by atoms with Gasteiger partial charge in [0.25, 0.3) is 0 Å². The topological polar surface area (TPSA) is 46.3 Å². The fourth-order valence-electron chi connectivity index (χ4n) is 2.93. The summed E-state index contributed by atoms with van der Waals surface area (Å²) in [6, 6.07) is 5.26. The lowest BCUT2D eigenvalue weighted by molar-refractivity contribution is 0.513. The zero-order valence-corrected chi connectivity index (χ0v) is 14.0. The Morgan fingerprint density at radius 3 is 2.78 bits per heavy atom. The standard InChI is InChI=1S/C17H15ClN2O2S/c18-14-5-4-11(9-19-14)12-10-23-17-13(21)8-15(22-16(12)17)20-6-2-1-3-7-20/h4-5,8-10H,1-3,6-7H2. The monoisotopic (exact) mass is 346 g/mol. The van der Waals surface area contributed by atoms with Gasteiger partial charge in [0.1, 0.15) is 9.85 Å². The van der Waals surface area contributed by atoms with Crippen LogP contribution in [-0.4, -0.2) is 18.1 Å². The van der Waals surface area contributed by atoms with Gasteiger partial charge >= 0.3 is 0 Å². The van der Waals surface area contributed by atoms with Crippen molar-refractivity contribution in [2.24, 2.45) is 0 Å². The third kappa shape index (κ3) is 2.75. The number of rotatable bonds is 2. The smallest absolute Gasteiger partial charge is 0.204 e. The number of halogens is 1. The van der Waals surface area contributed by atoms with Crippen molar-refractivity contribution in [1.82, 2.24) is 4.98 Å². The Morgan fingerprint density at radius 2 is 2.04 bits per heavy atom. The molecule has 0 unspecified atom stereocenters. The second-order valence-electron chi connectivity index (χ2n) is 5.67. The quantitative estimate of drug-likeness (QED) is 0.638. The molecule has 4 rings (SSSR count). The van der Waals surface area contributed by atoms with E-state index in [2.05, 4.69) is 9.88 Å². The van der Waals surface area contributed by atoms with Crippen molar-refractivity contribution >= 4 is 39.1 Å². The molecular weight excluding hydrogens is 332 g/mol. The highest BCUT2D eigenvalue weighted by Crippen LogP contribution is 2.34. The molecule has 0 aliphatic carbocycles. The van der Waals surface area contributed by atoms with Crippen LogP contribution < -0.4 is 10.3 Å². The zero-order valence-electron chi connectivity index (χ0n) is 12.4. The maximum Gasteiger partial charge on any atom is 0.204 e. The molecule has 0 amide bonds. The van der Waals surface area contributed by atoms with E-state index in [-0.39, 0.29) is 5.43 Å². The Balaban J connectivity index is 1.84. The minimum absolute atomic E-state index is 0.0185. The van der Waals surface area contributed by atoms with Crippen molar-refractivity contribution in [3.63, 3.8) is 0 Å². The second kappa shape index (κ2) is 5.98. The fourth-order valence-corrected chi connectivity index (χ4v) is 3.96. The number of hydrogen-bond donors (Lipinski definition) is 0. The van der Waals surface area contributed by atoms with Gasteiger partial charge in [-0.15, -0.1) is 11.3 Å². The molecule has 1 saturated heterocycles. The molecule has 23 heavy (non-hydrogen) atoms. The number of hydrogen-bond acceptors (Lipinski definition) is 5. The molecule has 6 heteroatoms. The molecular formula is C17H15ClN2O2S. The lowest BCUT2D eigenvalue weighted by Crippen LogP contribution is -2.29. The third-order valence-corrected chi connectivity index (χ3v) is 5.34. The van der Waals surface area contributed by atoms with Gasteiger partial charge in [-0.1, -0.05) is 11.6 Å². The average molecular weight is 347 g/mol. The first-order valence-electron chi connectivity index (χ1n) is 7.64. The molecule has 0 bridgehead atoms. The number of thiophene rings is 1. The van der Waals surface area contributed by atoms with E-state index in [0.717, 1.165) is 37.1 Å². The second-order valence-corrected chi connectivity index (χ2v) is 6.94. The average Bonchev–Trinajstić information content (AvgIpc) is 3.01. The lowest BCUT2D eigenvalue weighted by atomic mass is 10.1. The number of anilines is 1. The molecule has 0 N–H and O–H groups in total. The highest BCUT2D eigenvalue weighted by molar-refractivity contribution is 7.17. The minimum Gasteiger partial charge on any atom is -0.439 e. The van der Waals surface area contributed by atoms with Gasteiger partial charge in [-0.2, -0.15) is 0 Å². The zero-order chi connectivity index (χ0) is 15.8. The van der Waals surface area contributed by atoms with E-state index in [1.54, 1.807) is 18.3 Å². The molecule has 0 radical (unpaired) electrons. The number of aromatic nitrogens is 1. The number of piperidine rings is 1. The van der Waals surface area contributed by atoms with Crippen molar-refractivity contribution in [3.8, 4) is 11.1 Å². The highest BCUT2D eigenvalue weighted by atomic mass is 35.5. The van der Waals surface area contributed by atoms with Crippen LogP contribution in [0.1, 0.15) is 19.3 Å². The van der Waals surface area contributed by atoms with Crippen LogP contribution in [-0.2, 0) is 0 Å². The van der Waals surface area contributed by atoms with Gasteiger partial charge in [-0.05, 0) is 31.4 Å². The van der Waals surface area contributed by atoms with Gasteiger partial charge in [0.2, 0.25) is 5.43 Å². The van der Waals surface area contributed by atoms with Gasteiger partial charge in [-0.25, -0.2) is 4.98 Å². The first-order valence-corrected chi connectivity index (χ1v) is 8.90. The van der Waals surface area contributed by atoms with Crippen molar-refractivity contribution in [2.75, 3.05) is 18.0 Å². The Kier molecular flexibility index (Phi) is 3.83. The van der Waals surface area contributed by atoms with Crippen LogP contribution in [0.4, 0.5) is 5.88 Å². The van der Waals surface area contributed by atoms with Gasteiger partial charge in [0.05, 0.1) is 0 Å².